The summed E-state index contributed by atoms with van der Waals surface area (Å²) in [4.78, 5) is 14.1. The molecule has 2 aliphatic rings. The molecule has 20 heavy (non-hydrogen) atoms. The minimum absolute atomic E-state index is 0.0303. The van der Waals surface area contributed by atoms with E-state index in [1.54, 1.807) is 17.0 Å². The summed E-state index contributed by atoms with van der Waals surface area (Å²) in [6, 6.07) is 6.07. The van der Waals surface area contributed by atoms with Crippen LogP contribution in [-0.4, -0.2) is 46.3 Å². The maximum absolute atomic E-state index is 13.0. The molecule has 3 rings (SSSR count). The van der Waals surface area contributed by atoms with Gasteiger partial charge >= 0.3 is 0 Å². The lowest BCUT2D eigenvalue weighted by molar-refractivity contribution is -0.164. The first-order valence-electron chi connectivity index (χ1n) is 6.90. The van der Waals surface area contributed by atoms with E-state index in [4.69, 9.17) is 5.11 Å². The number of carbonyl (C=O) groups excluding carboxylic acids is 1. The Hall–Kier alpha value is -1.46. The smallest absolute Gasteiger partial charge is 0.230 e. The van der Waals surface area contributed by atoms with E-state index in [9.17, 15) is 14.3 Å². The summed E-state index contributed by atoms with van der Waals surface area (Å²) in [5.41, 5.74) is -0.314. The van der Waals surface area contributed by atoms with Crippen LogP contribution in [0.15, 0.2) is 24.3 Å². The second kappa shape index (κ2) is 4.82. The number of aliphatic hydroxyl groups is 2. The quantitative estimate of drug-likeness (QED) is 0.860. The molecule has 0 spiro atoms. The van der Waals surface area contributed by atoms with Crippen molar-refractivity contribution in [2.75, 3.05) is 19.7 Å². The van der Waals surface area contributed by atoms with Crippen LogP contribution in [0.2, 0.25) is 0 Å². The first kappa shape index (κ1) is 13.5. The van der Waals surface area contributed by atoms with Crippen molar-refractivity contribution in [2.24, 2.45) is 5.92 Å². The molecule has 0 aromatic heterocycles. The van der Waals surface area contributed by atoms with Crippen LogP contribution in [0.5, 0.6) is 0 Å². The fraction of sp³-hybridized carbons (Fsp3) is 0.533. The number of hydrogen-bond donors (Lipinski definition) is 2. The van der Waals surface area contributed by atoms with Gasteiger partial charge in [0.1, 0.15) is 11.4 Å². The SMILES string of the molecule is O=C(C(c1ccc(F)cc1)C1CC1)N1CC(O)(CO)C1. The van der Waals surface area contributed by atoms with E-state index in [1.165, 1.54) is 12.1 Å². The van der Waals surface area contributed by atoms with Crippen LogP contribution in [0, 0.1) is 11.7 Å². The molecule has 1 aromatic rings. The number of halogens is 1. The molecular weight excluding hydrogens is 261 g/mol. The van der Waals surface area contributed by atoms with Gasteiger partial charge in [0.05, 0.1) is 25.6 Å². The van der Waals surface area contributed by atoms with Crippen LogP contribution in [0.25, 0.3) is 0 Å². The molecule has 0 bridgehead atoms. The molecule has 0 radical (unpaired) electrons. The topological polar surface area (TPSA) is 60.8 Å². The van der Waals surface area contributed by atoms with Crippen LogP contribution < -0.4 is 0 Å². The number of nitrogens with zero attached hydrogens (tertiary/aromatic N) is 1. The fourth-order valence-corrected chi connectivity index (χ4v) is 2.83. The number of hydrogen-bond acceptors (Lipinski definition) is 3. The number of rotatable bonds is 4. The van der Waals surface area contributed by atoms with Crippen molar-refractivity contribution >= 4 is 5.91 Å². The van der Waals surface area contributed by atoms with E-state index in [2.05, 4.69) is 0 Å². The largest absolute Gasteiger partial charge is 0.393 e. The summed E-state index contributed by atoms with van der Waals surface area (Å²) in [6.07, 6.45) is 2.01. The zero-order valence-electron chi connectivity index (χ0n) is 11.1. The third kappa shape index (κ3) is 2.43. The van der Waals surface area contributed by atoms with Gasteiger partial charge in [0.15, 0.2) is 0 Å². The van der Waals surface area contributed by atoms with Crippen molar-refractivity contribution < 1.29 is 19.4 Å². The monoisotopic (exact) mass is 279 g/mol. The first-order chi connectivity index (χ1) is 9.52. The highest BCUT2D eigenvalue weighted by molar-refractivity contribution is 5.85. The van der Waals surface area contributed by atoms with Crippen LogP contribution in [0.4, 0.5) is 4.39 Å². The van der Waals surface area contributed by atoms with Crippen molar-refractivity contribution in [3.05, 3.63) is 35.6 Å². The first-order valence-corrected chi connectivity index (χ1v) is 6.90. The number of benzene rings is 1. The lowest BCUT2D eigenvalue weighted by atomic mass is 9.88. The zero-order chi connectivity index (χ0) is 14.3. The summed E-state index contributed by atoms with van der Waals surface area (Å²) in [5.74, 6) is -0.277. The molecule has 1 amide bonds. The molecule has 1 unspecified atom stereocenters. The Morgan fingerprint density at radius 1 is 1.35 bits per heavy atom. The second-order valence-corrected chi connectivity index (χ2v) is 5.94. The van der Waals surface area contributed by atoms with Crippen molar-refractivity contribution in [3.8, 4) is 0 Å². The number of β-amino-alcohol motifs (C(OH)–C–C–N with tert-alkyl or cyclic N) is 1. The van der Waals surface area contributed by atoms with E-state index >= 15 is 0 Å². The molecule has 108 valence electrons. The summed E-state index contributed by atoms with van der Waals surface area (Å²) >= 11 is 0. The average molecular weight is 279 g/mol. The van der Waals surface area contributed by atoms with Gasteiger partial charge in [0.25, 0.3) is 0 Å². The third-order valence-corrected chi connectivity index (χ3v) is 4.16. The van der Waals surface area contributed by atoms with E-state index in [1.807, 2.05) is 0 Å². The normalized spacial score (nSPS) is 22.2. The van der Waals surface area contributed by atoms with E-state index in [0.717, 1.165) is 18.4 Å². The molecule has 1 saturated carbocycles. The Morgan fingerprint density at radius 3 is 2.45 bits per heavy atom. The van der Waals surface area contributed by atoms with Gasteiger partial charge in [-0.1, -0.05) is 12.1 Å². The van der Waals surface area contributed by atoms with Crippen molar-refractivity contribution in [1.29, 1.82) is 0 Å². The Kier molecular flexibility index (Phi) is 3.26. The molecule has 5 heteroatoms. The van der Waals surface area contributed by atoms with Crippen LogP contribution in [0.1, 0.15) is 24.3 Å². The summed E-state index contributed by atoms with van der Waals surface area (Å²) in [7, 11) is 0. The highest BCUT2D eigenvalue weighted by Gasteiger charge is 2.47. The summed E-state index contributed by atoms with van der Waals surface area (Å²) in [6.45, 7) is 0.0148. The van der Waals surface area contributed by atoms with E-state index in [-0.39, 0.29) is 37.3 Å². The standard InChI is InChI=1S/C15H18FNO3/c16-12-5-3-11(4-6-12)13(10-1-2-10)14(19)17-7-15(20,8-17)9-18/h3-6,10,13,18,20H,1-2,7-9H2. The molecule has 1 aromatic carbocycles. The highest BCUT2D eigenvalue weighted by Crippen LogP contribution is 2.44. The Bertz CT molecular complexity index is 506. The summed E-state index contributed by atoms with van der Waals surface area (Å²) in [5, 5.41) is 18.8. The van der Waals surface area contributed by atoms with Gasteiger partial charge in [0, 0.05) is 0 Å². The van der Waals surface area contributed by atoms with Gasteiger partial charge < -0.3 is 15.1 Å². The predicted molar refractivity (Wildman–Crippen MR) is 70.5 cm³/mol. The molecule has 4 nitrogen and oxygen atoms in total. The van der Waals surface area contributed by atoms with Crippen molar-refractivity contribution in [1.82, 2.24) is 4.90 Å². The summed E-state index contributed by atoms with van der Waals surface area (Å²) < 4.78 is 13.0. The van der Waals surface area contributed by atoms with Crippen LogP contribution in [0.3, 0.4) is 0 Å². The molecule has 1 heterocycles. The average Bonchev–Trinajstić information content (AvgIpc) is 3.22. The maximum atomic E-state index is 13.0. The molecule has 2 N–H and O–H groups in total. The zero-order valence-corrected chi connectivity index (χ0v) is 11.1. The Morgan fingerprint density at radius 2 is 1.95 bits per heavy atom. The number of amides is 1. The molecular formula is C15H18FNO3. The maximum Gasteiger partial charge on any atom is 0.230 e. The molecule has 1 saturated heterocycles. The highest BCUT2D eigenvalue weighted by atomic mass is 19.1. The lowest BCUT2D eigenvalue weighted by Gasteiger charge is -2.46. The minimum Gasteiger partial charge on any atom is -0.393 e. The lowest BCUT2D eigenvalue weighted by Crippen LogP contribution is -2.66. The Labute approximate surface area is 116 Å². The second-order valence-electron chi connectivity index (χ2n) is 5.94. The van der Waals surface area contributed by atoms with Gasteiger partial charge in [-0.15, -0.1) is 0 Å². The third-order valence-electron chi connectivity index (χ3n) is 4.16. The molecule has 1 atom stereocenters. The van der Waals surface area contributed by atoms with Crippen LogP contribution in [-0.2, 0) is 4.79 Å². The van der Waals surface area contributed by atoms with Crippen molar-refractivity contribution in [3.63, 3.8) is 0 Å². The van der Waals surface area contributed by atoms with Gasteiger partial charge in [-0.25, -0.2) is 4.39 Å². The molecule has 1 aliphatic carbocycles. The number of aliphatic hydroxyl groups excluding tert-OH is 1. The molecule has 1 aliphatic heterocycles. The minimum atomic E-state index is -1.15. The number of likely N-dealkylation sites (tertiary alicyclic amines) is 1. The van der Waals surface area contributed by atoms with E-state index in [0.29, 0.717) is 5.92 Å². The van der Waals surface area contributed by atoms with Crippen LogP contribution >= 0.6 is 0 Å². The van der Waals surface area contributed by atoms with E-state index < -0.39 is 5.60 Å². The Balaban J connectivity index is 1.75. The molecule has 2 fully saturated rings. The van der Waals surface area contributed by atoms with Gasteiger partial charge in [-0.05, 0) is 36.5 Å². The fourth-order valence-electron chi connectivity index (χ4n) is 2.83. The van der Waals surface area contributed by atoms with Gasteiger partial charge in [-0.2, -0.15) is 0 Å². The van der Waals surface area contributed by atoms with Gasteiger partial charge in [0.2, 0.25) is 5.91 Å². The predicted octanol–water partition coefficient (Wildman–Crippen LogP) is 0.885. The van der Waals surface area contributed by atoms with Crippen molar-refractivity contribution in [2.45, 2.75) is 24.4 Å². The van der Waals surface area contributed by atoms with Gasteiger partial charge in [-0.3, -0.25) is 4.79 Å². The number of carbonyl (C=O) groups is 1.